The zero-order chi connectivity index (χ0) is 12.8. The van der Waals surface area contributed by atoms with E-state index in [1.54, 1.807) is 0 Å². The number of rotatable bonds is 2. The van der Waals surface area contributed by atoms with E-state index >= 15 is 0 Å². The molecule has 2 N–H and O–H groups in total. The summed E-state index contributed by atoms with van der Waals surface area (Å²) in [6.45, 7) is 6.99. The average Bonchev–Trinajstić information content (AvgIpc) is 2.24. The molecule has 0 spiro atoms. The highest BCUT2D eigenvalue weighted by molar-refractivity contribution is 4.86. The summed E-state index contributed by atoms with van der Waals surface area (Å²) in [4.78, 5) is 0. The first-order valence-electron chi connectivity index (χ1n) is 7.70. The van der Waals surface area contributed by atoms with Crippen molar-refractivity contribution >= 4 is 0 Å². The molecule has 0 aromatic rings. The predicted octanol–water partition coefficient (Wildman–Crippen LogP) is 5.03. The molecule has 0 heterocycles. The SMILES string of the molecule is CC(C)(C)CCC1(N)CCCCCCCCC1. The molecule has 17 heavy (non-hydrogen) atoms. The minimum atomic E-state index is 0.143. The summed E-state index contributed by atoms with van der Waals surface area (Å²) >= 11 is 0. The lowest BCUT2D eigenvalue weighted by Crippen LogP contribution is -2.40. The van der Waals surface area contributed by atoms with Crippen molar-refractivity contribution in [2.24, 2.45) is 11.1 Å². The maximum Gasteiger partial charge on any atom is 0.0154 e. The molecule has 0 aromatic heterocycles. The molecule has 1 aliphatic carbocycles. The Morgan fingerprint density at radius 2 is 1.24 bits per heavy atom. The van der Waals surface area contributed by atoms with Crippen LogP contribution >= 0.6 is 0 Å². The molecule has 0 unspecified atom stereocenters. The third-order valence-electron chi connectivity index (χ3n) is 4.22. The van der Waals surface area contributed by atoms with Crippen LogP contribution in [0.15, 0.2) is 0 Å². The van der Waals surface area contributed by atoms with Gasteiger partial charge >= 0.3 is 0 Å². The van der Waals surface area contributed by atoms with Crippen molar-refractivity contribution < 1.29 is 0 Å². The van der Waals surface area contributed by atoms with Gasteiger partial charge in [-0.1, -0.05) is 65.7 Å². The normalized spacial score (nSPS) is 23.3. The zero-order valence-electron chi connectivity index (χ0n) is 12.4. The summed E-state index contributed by atoms with van der Waals surface area (Å²) in [6.07, 6.45) is 14.8. The number of nitrogens with two attached hydrogens (primary N) is 1. The molecule has 0 saturated heterocycles. The van der Waals surface area contributed by atoms with Gasteiger partial charge in [0.2, 0.25) is 0 Å². The van der Waals surface area contributed by atoms with Crippen LogP contribution < -0.4 is 5.73 Å². The Hall–Kier alpha value is -0.0400. The lowest BCUT2D eigenvalue weighted by Gasteiger charge is -2.33. The molecule has 0 aliphatic heterocycles. The van der Waals surface area contributed by atoms with Crippen LogP contribution in [-0.2, 0) is 0 Å². The molecular weight excluding hydrogens is 206 g/mol. The van der Waals surface area contributed by atoms with Crippen molar-refractivity contribution in [2.75, 3.05) is 0 Å². The molecule has 0 amide bonds. The van der Waals surface area contributed by atoms with Crippen molar-refractivity contribution in [3.63, 3.8) is 0 Å². The molecule has 1 heteroatoms. The van der Waals surface area contributed by atoms with E-state index in [0.29, 0.717) is 5.41 Å². The maximum atomic E-state index is 6.66. The lowest BCUT2D eigenvalue weighted by molar-refractivity contribution is 0.251. The monoisotopic (exact) mass is 239 g/mol. The van der Waals surface area contributed by atoms with E-state index in [0.717, 1.165) is 0 Å². The maximum absolute atomic E-state index is 6.66. The molecule has 1 fully saturated rings. The first-order chi connectivity index (χ1) is 7.91. The molecule has 102 valence electrons. The minimum absolute atomic E-state index is 0.143. The molecule has 0 bridgehead atoms. The van der Waals surface area contributed by atoms with Gasteiger partial charge in [0.15, 0.2) is 0 Å². The van der Waals surface area contributed by atoms with Crippen LogP contribution in [0.3, 0.4) is 0 Å². The van der Waals surface area contributed by atoms with Gasteiger partial charge in [0.25, 0.3) is 0 Å². The third kappa shape index (κ3) is 7.08. The lowest BCUT2D eigenvalue weighted by atomic mass is 9.78. The highest BCUT2D eigenvalue weighted by atomic mass is 14.7. The number of hydrogen-bond donors (Lipinski definition) is 1. The Morgan fingerprint density at radius 3 is 1.65 bits per heavy atom. The highest BCUT2D eigenvalue weighted by Crippen LogP contribution is 2.31. The fourth-order valence-electron chi connectivity index (χ4n) is 2.84. The van der Waals surface area contributed by atoms with Crippen molar-refractivity contribution in [3.8, 4) is 0 Å². The Morgan fingerprint density at radius 1 is 0.824 bits per heavy atom. The molecule has 1 rings (SSSR count). The summed E-state index contributed by atoms with van der Waals surface area (Å²) in [5.41, 5.74) is 7.23. The van der Waals surface area contributed by atoms with E-state index in [4.69, 9.17) is 5.73 Å². The standard InChI is InChI=1S/C16H33N/c1-15(2,3)13-14-16(17)11-9-7-5-4-6-8-10-12-16/h4-14,17H2,1-3H3. The first-order valence-corrected chi connectivity index (χ1v) is 7.70. The molecule has 0 radical (unpaired) electrons. The van der Waals surface area contributed by atoms with Crippen LogP contribution in [0.1, 0.15) is 91.4 Å². The summed E-state index contributed by atoms with van der Waals surface area (Å²) in [5.74, 6) is 0. The quantitative estimate of drug-likeness (QED) is 0.718. The fourth-order valence-corrected chi connectivity index (χ4v) is 2.84. The average molecular weight is 239 g/mol. The van der Waals surface area contributed by atoms with E-state index in [9.17, 15) is 0 Å². The van der Waals surface area contributed by atoms with Crippen LogP contribution in [0.5, 0.6) is 0 Å². The largest absolute Gasteiger partial charge is 0.325 e. The van der Waals surface area contributed by atoms with E-state index in [1.807, 2.05) is 0 Å². The van der Waals surface area contributed by atoms with Crippen LogP contribution in [0.25, 0.3) is 0 Å². The van der Waals surface area contributed by atoms with Gasteiger partial charge < -0.3 is 5.73 Å². The second kappa shape index (κ2) is 6.78. The van der Waals surface area contributed by atoms with Gasteiger partial charge in [-0.05, 0) is 31.1 Å². The van der Waals surface area contributed by atoms with E-state index < -0.39 is 0 Å². The van der Waals surface area contributed by atoms with Gasteiger partial charge in [-0.25, -0.2) is 0 Å². The van der Waals surface area contributed by atoms with Gasteiger partial charge in [0.05, 0.1) is 0 Å². The number of hydrogen-bond acceptors (Lipinski definition) is 1. The van der Waals surface area contributed by atoms with Crippen molar-refractivity contribution in [2.45, 2.75) is 96.9 Å². The molecule has 1 saturated carbocycles. The smallest absolute Gasteiger partial charge is 0.0154 e. The topological polar surface area (TPSA) is 26.0 Å². The van der Waals surface area contributed by atoms with Gasteiger partial charge in [-0.2, -0.15) is 0 Å². The second-order valence-corrected chi connectivity index (χ2v) is 7.40. The van der Waals surface area contributed by atoms with Crippen molar-refractivity contribution in [1.82, 2.24) is 0 Å². The molecule has 1 aliphatic rings. The fraction of sp³-hybridized carbons (Fsp3) is 1.00. The second-order valence-electron chi connectivity index (χ2n) is 7.40. The Labute approximate surface area is 109 Å². The van der Waals surface area contributed by atoms with Crippen molar-refractivity contribution in [3.05, 3.63) is 0 Å². The molecule has 0 atom stereocenters. The van der Waals surface area contributed by atoms with E-state index in [2.05, 4.69) is 20.8 Å². The van der Waals surface area contributed by atoms with Gasteiger partial charge in [0, 0.05) is 5.54 Å². The minimum Gasteiger partial charge on any atom is -0.325 e. The molecular formula is C16H33N. The van der Waals surface area contributed by atoms with Gasteiger partial charge in [-0.3, -0.25) is 0 Å². The van der Waals surface area contributed by atoms with E-state index in [-0.39, 0.29) is 5.54 Å². The highest BCUT2D eigenvalue weighted by Gasteiger charge is 2.26. The van der Waals surface area contributed by atoms with Crippen LogP contribution in [0.2, 0.25) is 0 Å². The van der Waals surface area contributed by atoms with Gasteiger partial charge in [-0.15, -0.1) is 0 Å². The van der Waals surface area contributed by atoms with Crippen LogP contribution in [0.4, 0.5) is 0 Å². The Bertz CT molecular complexity index is 192. The summed E-state index contributed by atoms with van der Waals surface area (Å²) < 4.78 is 0. The summed E-state index contributed by atoms with van der Waals surface area (Å²) in [5, 5.41) is 0. The Kier molecular flexibility index (Phi) is 5.99. The molecule has 0 aromatic carbocycles. The Balaban J connectivity index is 2.43. The van der Waals surface area contributed by atoms with Crippen LogP contribution in [0, 0.1) is 5.41 Å². The summed E-state index contributed by atoms with van der Waals surface area (Å²) in [6, 6.07) is 0. The van der Waals surface area contributed by atoms with Crippen LogP contribution in [-0.4, -0.2) is 5.54 Å². The molecule has 1 nitrogen and oxygen atoms in total. The predicted molar refractivity (Wildman–Crippen MR) is 77.2 cm³/mol. The third-order valence-corrected chi connectivity index (χ3v) is 4.22. The van der Waals surface area contributed by atoms with Gasteiger partial charge in [0.1, 0.15) is 0 Å². The van der Waals surface area contributed by atoms with Crippen molar-refractivity contribution in [1.29, 1.82) is 0 Å². The first kappa shape index (κ1) is 15.0. The van der Waals surface area contributed by atoms with E-state index in [1.165, 1.54) is 70.6 Å². The summed E-state index contributed by atoms with van der Waals surface area (Å²) in [7, 11) is 0. The zero-order valence-corrected chi connectivity index (χ0v) is 12.4.